The molecule has 0 fully saturated rings. The number of carboxylic acid groups (broad SMARTS) is 1. The van der Waals surface area contributed by atoms with Crippen LogP contribution in [0.5, 0.6) is 5.75 Å². The van der Waals surface area contributed by atoms with Crippen molar-refractivity contribution in [2.24, 2.45) is 5.73 Å². The number of nitrogens with zero attached hydrogens (tertiary/aromatic N) is 1. The van der Waals surface area contributed by atoms with Gasteiger partial charge in [-0.05, 0) is 18.1 Å². The monoisotopic (exact) mass is 236 g/mol. The van der Waals surface area contributed by atoms with Crippen molar-refractivity contribution >= 4 is 11.7 Å². The Balaban J connectivity index is 2.29. The molecule has 0 saturated carbocycles. The molecule has 0 aliphatic carbocycles. The van der Waals surface area contributed by atoms with Crippen molar-refractivity contribution in [3.05, 3.63) is 23.3 Å². The van der Waals surface area contributed by atoms with Gasteiger partial charge in [-0.2, -0.15) is 0 Å². The number of rotatable bonds is 3. The summed E-state index contributed by atoms with van der Waals surface area (Å²) in [5.74, 6) is -0.856. The molecule has 5 nitrogen and oxygen atoms in total. The summed E-state index contributed by atoms with van der Waals surface area (Å²) >= 11 is 0. The van der Waals surface area contributed by atoms with E-state index in [2.05, 4.69) is 4.90 Å². The summed E-state index contributed by atoms with van der Waals surface area (Å²) in [7, 11) is 1.97. The summed E-state index contributed by atoms with van der Waals surface area (Å²) in [6.07, 6.45) is 0.936. The summed E-state index contributed by atoms with van der Waals surface area (Å²) < 4.78 is 0. The fourth-order valence-electron chi connectivity index (χ4n) is 2.17. The minimum absolute atomic E-state index is 0.151. The van der Waals surface area contributed by atoms with E-state index in [-0.39, 0.29) is 12.2 Å². The molecule has 0 aromatic heterocycles. The molecule has 0 saturated heterocycles. The summed E-state index contributed by atoms with van der Waals surface area (Å²) in [5, 5.41) is 18.8. The summed E-state index contributed by atoms with van der Waals surface area (Å²) in [4.78, 5) is 12.8. The first-order valence-electron chi connectivity index (χ1n) is 5.54. The van der Waals surface area contributed by atoms with Crippen LogP contribution >= 0.6 is 0 Å². The highest BCUT2D eigenvalue weighted by molar-refractivity contribution is 5.74. The Bertz CT molecular complexity index is 459. The van der Waals surface area contributed by atoms with Crippen molar-refractivity contribution in [1.29, 1.82) is 0 Å². The fourth-order valence-corrected chi connectivity index (χ4v) is 2.17. The first kappa shape index (κ1) is 11.7. The number of likely N-dealkylation sites (N-methyl/N-ethyl adjacent to an activating group) is 1. The highest BCUT2D eigenvalue weighted by Crippen LogP contribution is 2.36. The molecule has 2 rings (SSSR count). The third-order valence-electron chi connectivity index (χ3n) is 3.21. The number of aliphatic carboxylic acids is 1. The van der Waals surface area contributed by atoms with E-state index in [1.807, 2.05) is 13.1 Å². The maximum Gasteiger partial charge on any atom is 0.320 e. The number of fused-ring (bicyclic) bond motifs is 1. The maximum absolute atomic E-state index is 10.7. The van der Waals surface area contributed by atoms with Crippen LogP contribution < -0.4 is 10.6 Å². The number of anilines is 1. The van der Waals surface area contributed by atoms with Crippen LogP contribution in [-0.2, 0) is 17.6 Å². The average molecular weight is 236 g/mol. The van der Waals surface area contributed by atoms with Crippen molar-refractivity contribution < 1.29 is 15.0 Å². The molecule has 1 heterocycles. The van der Waals surface area contributed by atoms with Crippen molar-refractivity contribution in [1.82, 2.24) is 0 Å². The molecular formula is C12H16N2O3. The Hall–Kier alpha value is -1.75. The van der Waals surface area contributed by atoms with Gasteiger partial charge in [0.2, 0.25) is 0 Å². The van der Waals surface area contributed by atoms with Crippen molar-refractivity contribution in [3.8, 4) is 5.75 Å². The zero-order chi connectivity index (χ0) is 12.6. The molecule has 0 spiro atoms. The minimum atomic E-state index is -1.05. The first-order valence-corrected chi connectivity index (χ1v) is 5.54. The van der Waals surface area contributed by atoms with Crippen LogP contribution in [0.2, 0.25) is 0 Å². The lowest BCUT2D eigenvalue weighted by molar-refractivity contribution is -0.138. The smallest absolute Gasteiger partial charge is 0.320 e. The number of carbonyl (C=O) groups is 1. The van der Waals surface area contributed by atoms with Gasteiger partial charge < -0.3 is 20.8 Å². The SMILES string of the molecule is CN1CCc2c1ccc(CC(N)C(=O)O)c2O. The van der Waals surface area contributed by atoms with E-state index >= 15 is 0 Å². The standard InChI is InChI=1S/C12H16N2O3/c1-14-5-4-8-10(14)3-2-7(11(8)15)6-9(13)12(16)17/h2-3,9,15H,4-6,13H2,1H3,(H,16,17). The average Bonchev–Trinajstić information content (AvgIpc) is 2.65. The Morgan fingerprint density at radius 3 is 2.94 bits per heavy atom. The second kappa shape index (κ2) is 4.25. The van der Waals surface area contributed by atoms with Gasteiger partial charge >= 0.3 is 5.97 Å². The van der Waals surface area contributed by atoms with Gasteiger partial charge in [0.05, 0.1) is 0 Å². The molecule has 5 heteroatoms. The van der Waals surface area contributed by atoms with E-state index in [0.717, 1.165) is 24.2 Å². The molecule has 0 radical (unpaired) electrons. The van der Waals surface area contributed by atoms with Crippen LogP contribution in [0, 0.1) is 0 Å². The molecule has 1 atom stereocenters. The lowest BCUT2D eigenvalue weighted by Crippen LogP contribution is -2.32. The van der Waals surface area contributed by atoms with E-state index in [1.165, 1.54) is 0 Å². The van der Waals surface area contributed by atoms with Crippen LogP contribution in [0.3, 0.4) is 0 Å². The summed E-state index contributed by atoms with van der Waals surface area (Å²) in [6.45, 7) is 0.872. The van der Waals surface area contributed by atoms with Gasteiger partial charge in [0, 0.05) is 31.3 Å². The molecule has 17 heavy (non-hydrogen) atoms. The van der Waals surface area contributed by atoms with Gasteiger partial charge in [0.25, 0.3) is 0 Å². The minimum Gasteiger partial charge on any atom is -0.507 e. The van der Waals surface area contributed by atoms with Crippen LogP contribution in [0.25, 0.3) is 0 Å². The van der Waals surface area contributed by atoms with Gasteiger partial charge in [-0.1, -0.05) is 6.07 Å². The van der Waals surface area contributed by atoms with Gasteiger partial charge in [-0.15, -0.1) is 0 Å². The Morgan fingerprint density at radius 2 is 2.29 bits per heavy atom. The van der Waals surface area contributed by atoms with Crippen molar-refractivity contribution in [2.45, 2.75) is 18.9 Å². The fraction of sp³-hybridized carbons (Fsp3) is 0.417. The van der Waals surface area contributed by atoms with Crippen LogP contribution in [0.4, 0.5) is 5.69 Å². The van der Waals surface area contributed by atoms with Crippen molar-refractivity contribution in [2.75, 3.05) is 18.5 Å². The Labute approximate surface area is 99.5 Å². The van der Waals surface area contributed by atoms with Gasteiger partial charge in [0.15, 0.2) is 0 Å². The number of hydrogen-bond acceptors (Lipinski definition) is 4. The van der Waals surface area contributed by atoms with E-state index in [0.29, 0.717) is 5.56 Å². The quantitative estimate of drug-likeness (QED) is 0.704. The lowest BCUT2D eigenvalue weighted by Gasteiger charge is -2.14. The normalized spacial score (nSPS) is 15.8. The third-order valence-corrected chi connectivity index (χ3v) is 3.21. The molecule has 4 N–H and O–H groups in total. The van der Waals surface area contributed by atoms with Gasteiger partial charge in [0.1, 0.15) is 11.8 Å². The molecule has 1 aromatic carbocycles. The predicted octanol–water partition coefficient (Wildman–Crippen LogP) is 0.339. The highest BCUT2D eigenvalue weighted by atomic mass is 16.4. The van der Waals surface area contributed by atoms with Crippen LogP contribution in [0.15, 0.2) is 12.1 Å². The second-order valence-electron chi connectivity index (χ2n) is 4.39. The number of phenols is 1. The molecule has 0 amide bonds. The lowest BCUT2D eigenvalue weighted by atomic mass is 10.0. The number of aromatic hydroxyl groups is 1. The second-order valence-corrected chi connectivity index (χ2v) is 4.39. The molecule has 1 aromatic rings. The third kappa shape index (κ3) is 2.06. The van der Waals surface area contributed by atoms with E-state index in [4.69, 9.17) is 10.8 Å². The van der Waals surface area contributed by atoms with Crippen molar-refractivity contribution in [3.63, 3.8) is 0 Å². The molecular weight excluding hydrogens is 220 g/mol. The zero-order valence-corrected chi connectivity index (χ0v) is 9.68. The summed E-state index contributed by atoms with van der Waals surface area (Å²) in [6, 6.07) is 2.68. The number of hydrogen-bond donors (Lipinski definition) is 3. The molecule has 1 unspecified atom stereocenters. The van der Waals surface area contributed by atoms with Gasteiger partial charge in [-0.25, -0.2) is 0 Å². The van der Waals surface area contributed by atoms with Crippen LogP contribution in [-0.4, -0.2) is 35.8 Å². The topological polar surface area (TPSA) is 86.8 Å². The first-order chi connectivity index (χ1) is 8.00. The molecule has 0 bridgehead atoms. The Morgan fingerprint density at radius 1 is 1.59 bits per heavy atom. The largest absolute Gasteiger partial charge is 0.507 e. The number of phenolic OH excluding ortho intramolecular Hbond substituents is 1. The number of benzene rings is 1. The van der Waals surface area contributed by atoms with Gasteiger partial charge in [-0.3, -0.25) is 4.79 Å². The van der Waals surface area contributed by atoms with E-state index < -0.39 is 12.0 Å². The zero-order valence-electron chi connectivity index (χ0n) is 9.68. The van der Waals surface area contributed by atoms with Crippen LogP contribution in [0.1, 0.15) is 11.1 Å². The maximum atomic E-state index is 10.7. The molecule has 1 aliphatic heterocycles. The Kier molecular flexibility index (Phi) is 2.93. The number of carboxylic acids is 1. The van der Waals surface area contributed by atoms with E-state index in [9.17, 15) is 9.90 Å². The highest BCUT2D eigenvalue weighted by Gasteiger charge is 2.22. The van der Waals surface area contributed by atoms with E-state index in [1.54, 1.807) is 6.07 Å². The predicted molar refractivity (Wildman–Crippen MR) is 64.4 cm³/mol. The summed E-state index contributed by atoms with van der Waals surface area (Å²) in [5.41, 5.74) is 7.98. The number of nitrogens with two attached hydrogens (primary N) is 1. The molecule has 1 aliphatic rings. The molecule has 92 valence electrons.